The fourth-order valence-electron chi connectivity index (χ4n) is 5.46. The molecule has 3 fully saturated rings. The second-order valence-corrected chi connectivity index (χ2v) is 12.0. The zero-order valence-corrected chi connectivity index (χ0v) is 21.4. The van der Waals surface area contributed by atoms with E-state index in [1.165, 1.54) is 18.4 Å². The van der Waals surface area contributed by atoms with Gasteiger partial charge in [0.1, 0.15) is 0 Å². The van der Waals surface area contributed by atoms with Crippen LogP contribution in [-0.2, 0) is 4.79 Å². The Kier molecular flexibility index (Phi) is 7.76. The second kappa shape index (κ2) is 10.2. The summed E-state index contributed by atoms with van der Waals surface area (Å²) in [5.74, 6) is 1.69. The van der Waals surface area contributed by atoms with Gasteiger partial charge in [-0.1, -0.05) is 62.9 Å². The van der Waals surface area contributed by atoms with E-state index in [1.807, 2.05) is 6.07 Å². The molecule has 0 aromatic heterocycles. The van der Waals surface area contributed by atoms with Crippen LogP contribution in [0.4, 0.5) is 0 Å². The first kappa shape index (κ1) is 24.3. The Bertz CT molecular complexity index is 799. The third-order valence-electron chi connectivity index (χ3n) is 7.68. The van der Waals surface area contributed by atoms with Crippen molar-refractivity contribution in [3.63, 3.8) is 0 Å². The summed E-state index contributed by atoms with van der Waals surface area (Å²) in [6.45, 7) is 11.6. The molecular weight excluding hydrogens is 441 g/mol. The first-order valence-corrected chi connectivity index (χ1v) is 13.2. The maximum absolute atomic E-state index is 13.4. The second-order valence-electron chi connectivity index (χ2n) is 11.2. The van der Waals surface area contributed by atoms with Gasteiger partial charge in [-0.05, 0) is 67.3 Å². The van der Waals surface area contributed by atoms with Crippen molar-refractivity contribution in [2.75, 3.05) is 32.7 Å². The van der Waals surface area contributed by atoms with Crippen molar-refractivity contribution < 1.29 is 4.79 Å². The molecule has 1 saturated carbocycles. The minimum atomic E-state index is 0.0320. The zero-order chi connectivity index (χ0) is 22.9. The van der Waals surface area contributed by atoms with E-state index in [-0.39, 0.29) is 11.5 Å². The minimum Gasteiger partial charge on any atom is -0.337 e. The van der Waals surface area contributed by atoms with Gasteiger partial charge in [-0.15, -0.1) is 0 Å². The monoisotopic (exact) mass is 479 g/mol. The fourth-order valence-corrected chi connectivity index (χ4v) is 5.77. The lowest BCUT2D eigenvalue weighted by atomic mass is 9.82. The van der Waals surface area contributed by atoms with Gasteiger partial charge in [-0.2, -0.15) is 0 Å². The Labute approximate surface area is 204 Å². The first-order chi connectivity index (χ1) is 15.2. The zero-order valence-electron chi connectivity index (χ0n) is 19.9. The number of benzene rings is 1. The van der Waals surface area contributed by atoms with Gasteiger partial charge in [0.15, 0.2) is 0 Å². The summed E-state index contributed by atoms with van der Waals surface area (Å²) in [5, 5.41) is 4.66. The molecule has 1 aliphatic carbocycles. The number of halogens is 2. The van der Waals surface area contributed by atoms with Crippen LogP contribution in [0.2, 0.25) is 10.0 Å². The van der Waals surface area contributed by atoms with E-state index < -0.39 is 0 Å². The summed E-state index contributed by atoms with van der Waals surface area (Å²) in [6, 6.07) is 6.68. The topological polar surface area (TPSA) is 35.6 Å². The maximum Gasteiger partial charge on any atom is 0.223 e. The van der Waals surface area contributed by atoms with Crippen molar-refractivity contribution in [2.45, 2.75) is 71.4 Å². The Morgan fingerprint density at radius 3 is 2.41 bits per heavy atom. The number of amides is 1. The van der Waals surface area contributed by atoms with Crippen molar-refractivity contribution in [1.29, 1.82) is 0 Å². The van der Waals surface area contributed by atoms with Crippen molar-refractivity contribution in [1.82, 2.24) is 15.1 Å². The summed E-state index contributed by atoms with van der Waals surface area (Å²) < 4.78 is 0. The van der Waals surface area contributed by atoms with Crippen molar-refractivity contribution in [3.8, 4) is 0 Å². The summed E-state index contributed by atoms with van der Waals surface area (Å²) in [4.78, 5) is 18.2. The van der Waals surface area contributed by atoms with Crippen LogP contribution in [0.3, 0.4) is 0 Å². The van der Waals surface area contributed by atoms with E-state index in [1.54, 1.807) is 0 Å². The van der Waals surface area contributed by atoms with Crippen LogP contribution in [0.25, 0.3) is 0 Å². The van der Waals surface area contributed by atoms with E-state index >= 15 is 0 Å². The lowest BCUT2D eigenvalue weighted by molar-refractivity contribution is -0.141. The molecule has 6 heteroatoms. The van der Waals surface area contributed by atoms with Gasteiger partial charge in [0.05, 0.1) is 10.0 Å². The van der Waals surface area contributed by atoms with Gasteiger partial charge in [0.2, 0.25) is 5.91 Å². The van der Waals surface area contributed by atoms with Crippen LogP contribution in [0.5, 0.6) is 0 Å². The van der Waals surface area contributed by atoms with Gasteiger partial charge in [0, 0.05) is 38.1 Å². The van der Waals surface area contributed by atoms with Crippen LogP contribution in [0, 0.1) is 17.3 Å². The van der Waals surface area contributed by atoms with Crippen LogP contribution in [0.1, 0.15) is 70.9 Å². The standard InChI is InChI=1S/C26H39Cl2N3O/c1-26(2,3)24-17-30(12-13-31(24)25(32)15-19-8-10-29-11-9-19)23(14-18-4-5-18)20-6-7-21(27)22(28)16-20/h6-7,16,18-19,23-24,29H,4-5,8-15,17H2,1-3H3/t23?,24-/m1/s1. The molecule has 1 aromatic carbocycles. The summed E-state index contributed by atoms with van der Waals surface area (Å²) in [7, 11) is 0. The number of carbonyl (C=O) groups is 1. The van der Waals surface area contributed by atoms with Crippen molar-refractivity contribution in [2.24, 2.45) is 17.3 Å². The third-order valence-corrected chi connectivity index (χ3v) is 8.42. The van der Waals surface area contributed by atoms with Gasteiger partial charge >= 0.3 is 0 Å². The van der Waals surface area contributed by atoms with Crippen LogP contribution in [-0.4, -0.2) is 54.5 Å². The number of rotatable bonds is 6. The normalized spacial score (nSPS) is 24.5. The van der Waals surface area contributed by atoms with Crippen LogP contribution >= 0.6 is 23.2 Å². The average molecular weight is 481 g/mol. The molecule has 2 saturated heterocycles. The fraction of sp³-hybridized carbons (Fsp3) is 0.731. The highest BCUT2D eigenvalue weighted by molar-refractivity contribution is 6.42. The molecule has 2 heterocycles. The quantitative estimate of drug-likeness (QED) is 0.561. The number of piperidine rings is 1. The van der Waals surface area contributed by atoms with Gasteiger partial charge in [0.25, 0.3) is 0 Å². The van der Waals surface area contributed by atoms with Gasteiger partial charge in [-0.3, -0.25) is 9.69 Å². The summed E-state index contributed by atoms with van der Waals surface area (Å²) in [5.41, 5.74) is 1.29. The highest BCUT2D eigenvalue weighted by Gasteiger charge is 2.41. The molecule has 1 amide bonds. The molecule has 2 atom stereocenters. The maximum atomic E-state index is 13.4. The van der Waals surface area contributed by atoms with E-state index in [2.05, 4.69) is 48.0 Å². The van der Waals surface area contributed by atoms with E-state index in [0.29, 0.717) is 34.3 Å². The Balaban J connectivity index is 1.51. The lowest BCUT2D eigenvalue weighted by Crippen LogP contribution is -2.60. The van der Waals surface area contributed by atoms with Crippen LogP contribution < -0.4 is 5.32 Å². The molecule has 32 heavy (non-hydrogen) atoms. The molecule has 4 rings (SSSR count). The van der Waals surface area contributed by atoms with Crippen molar-refractivity contribution in [3.05, 3.63) is 33.8 Å². The van der Waals surface area contributed by atoms with Gasteiger partial charge in [-0.25, -0.2) is 0 Å². The minimum absolute atomic E-state index is 0.0320. The Morgan fingerprint density at radius 1 is 1.06 bits per heavy atom. The predicted molar refractivity (Wildman–Crippen MR) is 133 cm³/mol. The molecule has 0 bridgehead atoms. The number of carbonyl (C=O) groups excluding carboxylic acids is 1. The first-order valence-electron chi connectivity index (χ1n) is 12.4. The molecular formula is C26H39Cl2N3O. The molecule has 2 aliphatic heterocycles. The van der Waals surface area contributed by atoms with E-state index in [4.69, 9.17) is 23.2 Å². The molecule has 1 N–H and O–H groups in total. The van der Waals surface area contributed by atoms with Crippen LogP contribution in [0.15, 0.2) is 18.2 Å². The number of piperazine rings is 1. The number of hydrogen-bond donors (Lipinski definition) is 1. The Hall–Kier alpha value is -0.810. The molecule has 1 unspecified atom stereocenters. The SMILES string of the molecule is CC(C)(C)[C@H]1CN(C(CC2CC2)c2ccc(Cl)c(Cl)c2)CCN1C(=O)CC1CCNCC1. The molecule has 178 valence electrons. The molecule has 0 spiro atoms. The number of nitrogens with zero attached hydrogens (tertiary/aromatic N) is 2. The lowest BCUT2D eigenvalue weighted by Gasteiger charge is -2.50. The van der Waals surface area contributed by atoms with Gasteiger partial charge < -0.3 is 10.2 Å². The molecule has 3 aliphatic rings. The summed E-state index contributed by atoms with van der Waals surface area (Å²) in [6.07, 6.45) is 6.76. The largest absolute Gasteiger partial charge is 0.337 e. The average Bonchev–Trinajstić information content (AvgIpc) is 3.58. The number of nitrogens with one attached hydrogen (secondary N) is 1. The highest BCUT2D eigenvalue weighted by atomic mass is 35.5. The third kappa shape index (κ3) is 6.00. The van der Waals surface area contributed by atoms with Crippen molar-refractivity contribution >= 4 is 29.1 Å². The molecule has 0 radical (unpaired) electrons. The highest BCUT2D eigenvalue weighted by Crippen LogP contribution is 2.42. The van der Waals surface area contributed by atoms with E-state index in [9.17, 15) is 4.79 Å². The smallest absolute Gasteiger partial charge is 0.223 e. The molecule has 1 aromatic rings. The Morgan fingerprint density at radius 2 is 1.78 bits per heavy atom. The predicted octanol–water partition coefficient (Wildman–Crippen LogP) is 5.78. The molecule has 4 nitrogen and oxygen atoms in total. The van der Waals surface area contributed by atoms with E-state index in [0.717, 1.165) is 57.9 Å². The summed E-state index contributed by atoms with van der Waals surface area (Å²) >= 11 is 12.6. The number of hydrogen-bond acceptors (Lipinski definition) is 3.